The molecule has 1 atom stereocenters. The van der Waals surface area contributed by atoms with Crippen molar-refractivity contribution in [2.45, 2.75) is 46.6 Å². The Bertz CT molecular complexity index is 1570. The van der Waals surface area contributed by atoms with Gasteiger partial charge in [-0.25, -0.2) is 14.5 Å². The van der Waals surface area contributed by atoms with E-state index in [9.17, 15) is 10.1 Å². The Labute approximate surface area is 205 Å². The third-order valence-electron chi connectivity index (χ3n) is 7.00. The third kappa shape index (κ3) is 3.87. The molecule has 10 heteroatoms. The molecule has 1 aliphatic carbocycles. The minimum atomic E-state index is -0.443. The molecule has 0 spiro atoms. The van der Waals surface area contributed by atoms with E-state index < -0.39 is 4.92 Å². The monoisotopic (exact) mass is 487 g/mol. The Morgan fingerprint density at radius 3 is 2.74 bits per heavy atom. The molecule has 178 valence electrons. The normalized spacial score (nSPS) is 16.1. The second kappa shape index (κ2) is 7.94. The smallest absolute Gasteiger partial charge is 0.261 e. The van der Waals surface area contributed by atoms with Crippen LogP contribution in [0.25, 0.3) is 27.3 Å². The maximum absolute atomic E-state index is 10.9. The fourth-order valence-corrected chi connectivity index (χ4v) is 6.18. The lowest BCUT2D eigenvalue weighted by atomic mass is 9.72. The van der Waals surface area contributed by atoms with Crippen molar-refractivity contribution in [2.75, 3.05) is 0 Å². The summed E-state index contributed by atoms with van der Waals surface area (Å²) in [6.07, 6.45) is 7.80. The Balaban J connectivity index is 1.31. The van der Waals surface area contributed by atoms with E-state index in [1.807, 2.05) is 24.3 Å². The molecule has 4 heterocycles. The van der Waals surface area contributed by atoms with Gasteiger partial charge in [-0.15, -0.1) is 16.4 Å². The van der Waals surface area contributed by atoms with Crippen LogP contribution < -0.4 is 0 Å². The predicted octanol–water partition coefficient (Wildman–Crippen LogP) is 5.31. The summed E-state index contributed by atoms with van der Waals surface area (Å²) in [5.74, 6) is 1.34. The number of fused-ring (bicyclic) bond motifs is 5. The van der Waals surface area contributed by atoms with E-state index >= 15 is 0 Å². The number of hydrogen-bond donors (Lipinski definition) is 0. The largest absolute Gasteiger partial charge is 0.307 e. The van der Waals surface area contributed by atoms with E-state index in [1.54, 1.807) is 26.9 Å². The maximum Gasteiger partial charge on any atom is 0.307 e. The van der Waals surface area contributed by atoms with Gasteiger partial charge in [-0.3, -0.25) is 14.8 Å². The van der Waals surface area contributed by atoms with Gasteiger partial charge in [-0.05, 0) is 41.7 Å². The Kier molecular flexibility index (Phi) is 4.96. The molecule has 35 heavy (non-hydrogen) atoms. The van der Waals surface area contributed by atoms with E-state index in [1.165, 1.54) is 29.3 Å². The highest BCUT2D eigenvalue weighted by Gasteiger charge is 2.31. The van der Waals surface area contributed by atoms with E-state index in [0.29, 0.717) is 23.7 Å². The molecule has 5 aromatic rings. The van der Waals surface area contributed by atoms with Crippen molar-refractivity contribution in [3.8, 4) is 11.4 Å². The molecule has 1 unspecified atom stereocenters. The van der Waals surface area contributed by atoms with Crippen LogP contribution in [0.3, 0.4) is 0 Å². The average molecular weight is 488 g/mol. The summed E-state index contributed by atoms with van der Waals surface area (Å²) < 4.78 is 3.35. The van der Waals surface area contributed by atoms with Gasteiger partial charge in [0.15, 0.2) is 11.5 Å². The van der Waals surface area contributed by atoms with Crippen LogP contribution in [0.15, 0.2) is 43.0 Å². The highest BCUT2D eigenvalue weighted by Crippen LogP contribution is 2.43. The highest BCUT2D eigenvalue weighted by molar-refractivity contribution is 7.19. The van der Waals surface area contributed by atoms with Crippen LogP contribution in [-0.4, -0.2) is 34.3 Å². The van der Waals surface area contributed by atoms with E-state index in [2.05, 4.69) is 25.9 Å². The molecule has 0 radical (unpaired) electrons. The molecule has 0 saturated carbocycles. The second-order valence-electron chi connectivity index (χ2n) is 10.3. The van der Waals surface area contributed by atoms with Gasteiger partial charge < -0.3 is 0 Å². The first-order valence-electron chi connectivity index (χ1n) is 11.7. The number of nitrogens with zero attached hydrogens (tertiary/aromatic N) is 7. The number of nitro groups is 1. The fourth-order valence-electron chi connectivity index (χ4n) is 4.92. The second-order valence-corrected chi connectivity index (χ2v) is 11.4. The SMILES string of the molecule is CC(C)(C)C1CCc2c(sc3ncn4nc(-c5ccc(Cn6cc([N+](=O)[O-])cn6)cc5)nc4c23)C1. The Morgan fingerprint density at radius 2 is 2.03 bits per heavy atom. The van der Waals surface area contributed by atoms with Gasteiger partial charge in [-0.2, -0.15) is 5.10 Å². The molecule has 1 aliphatic rings. The molecule has 9 nitrogen and oxygen atoms in total. The Morgan fingerprint density at radius 1 is 1.23 bits per heavy atom. The van der Waals surface area contributed by atoms with Crippen molar-refractivity contribution in [1.82, 2.24) is 29.4 Å². The van der Waals surface area contributed by atoms with Crippen molar-refractivity contribution in [3.63, 3.8) is 0 Å². The minimum absolute atomic E-state index is 0.0139. The van der Waals surface area contributed by atoms with E-state index in [0.717, 1.165) is 39.8 Å². The first kappa shape index (κ1) is 21.8. The quantitative estimate of drug-likeness (QED) is 0.251. The molecule has 0 saturated heterocycles. The van der Waals surface area contributed by atoms with Crippen LogP contribution in [0.1, 0.15) is 43.2 Å². The first-order valence-corrected chi connectivity index (χ1v) is 12.5. The molecule has 6 rings (SSSR count). The summed E-state index contributed by atoms with van der Waals surface area (Å²) in [7, 11) is 0. The van der Waals surface area contributed by atoms with Crippen LogP contribution >= 0.6 is 11.3 Å². The summed E-state index contributed by atoms with van der Waals surface area (Å²) >= 11 is 1.80. The minimum Gasteiger partial charge on any atom is -0.261 e. The lowest BCUT2D eigenvalue weighted by molar-refractivity contribution is -0.385. The molecule has 0 aliphatic heterocycles. The number of rotatable bonds is 4. The lowest BCUT2D eigenvalue weighted by Crippen LogP contribution is -2.26. The summed E-state index contributed by atoms with van der Waals surface area (Å²) in [5, 5.41) is 20.8. The molecule has 1 aromatic carbocycles. The van der Waals surface area contributed by atoms with Crippen LogP contribution in [-0.2, 0) is 19.4 Å². The standard InChI is InChI=1S/C25H25N7O2S/c1-25(2,3)17-8-9-19-20(10-17)35-24-21(19)23-28-22(29-31(23)14-26-24)16-6-4-15(5-7-16)12-30-13-18(11-27-30)32(33)34/h4-7,11,13-14,17H,8-10,12H2,1-3H3. The molecule has 4 aromatic heterocycles. The van der Waals surface area contributed by atoms with Crippen molar-refractivity contribution >= 4 is 32.9 Å². The van der Waals surface area contributed by atoms with Gasteiger partial charge in [-0.1, -0.05) is 45.0 Å². The van der Waals surface area contributed by atoms with Crippen LogP contribution in [0.2, 0.25) is 0 Å². The molecule has 0 fully saturated rings. The van der Waals surface area contributed by atoms with Gasteiger partial charge >= 0.3 is 5.69 Å². The first-order chi connectivity index (χ1) is 16.8. The van der Waals surface area contributed by atoms with Gasteiger partial charge in [0.05, 0.1) is 16.9 Å². The lowest BCUT2D eigenvalue weighted by Gasteiger charge is -2.33. The number of benzene rings is 1. The van der Waals surface area contributed by atoms with Crippen molar-refractivity contribution in [2.24, 2.45) is 11.3 Å². The summed E-state index contributed by atoms with van der Waals surface area (Å²) in [6, 6.07) is 7.90. The number of thiophene rings is 1. The van der Waals surface area contributed by atoms with E-state index in [4.69, 9.17) is 15.1 Å². The van der Waals surface area contributed by atoms with Crippen LogP contribution in [0.4, 0.5) is 5.69 Å². The third-order valence-corrected chi connectivity index (χ3v) is 8.16. The zero-order valence-corrected chi connectivity index (χ0v) is 20.6. The van der Waals surface area contributed by atoms with Crippen LogP contribution in [0, 0.1) is 21.4 Å². The van der Waals surface area contributed by atoms with Gasteiger partial charge in [0, 0.05) is 10.4 Å². The van der Waals surface area contributed by atoms with Crippen molar-refractivity contribution < 1.29 is 4.92 Å². The maximum atomic E-state index is 10.9. The highest BCUT2D eigenvalue weighted by atomic mass is 32.1. The molecule has 0 bridgehead atoms. The van der Waals surface area contributed by atoms with Crippen LogP contribution in [0.5, 0.6) is 0 Å². The number of hydrogen-bond acceptors (Lipinski definition) is 7. The van der Waals surface area contributed by atoms with Gasteiger partial charge in [0.1, 0.15) is 23.6 Å². The number of aryl methyl sites for hydroxylation is 1. The van der Waals surface area contributed by atoms with Gasteiger partial charge in [0.25, 0.3) is 0 Å². The molecule has 0 N–H and O–H groups in total. The van der Waals surface area contributed by atoms with E-state index in [-0.39, 0.29) is 5.69 Å². The predicted molar refractivity (Wildman–Crippen MR) is 135 cm³/mol. The summed E-state index contributed by atoms with van der Waals surface area (Å²) in [6.45, 7) is 7.46. The van der Waals surface area contributed by atoms with Crippen molar-refractivity contribution in [3.05, 3.63) is 69.1 Å². The van der Waals surface area contributed by atoms with Gasteiger partial charge in [0.2, 0.25) is 0 Å². The molecule has 0 amide bonds. The Hall–Kier alpha value is -3.66. The zero-order chi connectivity index (χ0) is 24.3. The van der Waals surface area contributed by atoms with Crippen molar-refractivity contribution in [1.29, 1.82) is 0 Å². The summed E-state index contributed by atoms with van der Waals surface area (Å²) in [4.78, 5) is 22.5. The topological polar surface area (TPSA) is 104 Å². The number of aromatic nitrogens is 6. The average Bonchev–Trinajstić information content (AvgIpc) is 3.54. The molecular weight excluding hydrogens is 462 g/mol. The summed E-state index contributed by atoms with van der Waals surface area (Å²) in [5.41, 5.74) is 4.45. The molecular formula is C25H25N7O2S. The zero-order valence-electron chi connectivity index (χ0n) is 19.8. The fraction of sp³-hybridized carbons (Fsp3) is 0.360.